The summed E-state index contributed by atoms with van der Waals surface area (Å²) >= 11 is 3.44. The Hall–Kier alpha value is -3.22. The van der Waals surface area contributed by atoms with Crippen LogP contribution in [0, 0.1) is 0 Å². The van der Waals surface area contributed by atoms with Gasteiger partial charge in [-0.2, -0.15) is 0 Å². The Kier molecular flexibility index (Phi) is 5.28. The number of aromatic hydroxyl groups is 2. The topological polar surface area (TPSA) is 94.8 Å². The monoisotopic (exact) mass is 464 g/mol. The van der Waals surface area contributed by atoms with Gasteiger partial charge in [0, 0.05) is 21.2 Å². The number of fused-ring (bicyclic) bond motifs is 2. The average molecular weight is 465 g/mol. The molecule has 1 unspecified atom stereocenters. The molecule has 0 aliphatic heterocycles. The summed E-state index contributed by atoms with van der Waals surface area (Å²) in [5, 5.41) is 31.8. The van der Waals surface area contributed by atoms with Gasteiger partial charge < -0.3 is 15.3 Å². The van der Waals surface area contributed by atoms with E-state index in [1.807, 2.05) is 30.3 Å². The molecule has 1 atom stereocenters. The molecule has 1 aliphatic carbocycles. The minimum Gasteiger partial charge on any atom is -0.507 e. The van der Waals surface area contributed by atoms with Crippen molar-refractivity contribution in [2.45, 2.75) is 12.5 Å². The van der Waals surface area contributed by atoms with Crippen molar-refractivity contribution in [3.63, 3.8) is 0 Å². The normalized spacial score (nSPS) is 13.9. The van der Waals surface area contributed by atoms with Gasteiger partial charge in [-0.25, -0.2) is 0 Å². The second-order valence-electron chi connectivity index (χ2n) is 6.96. The van der Waals surface area contributed by atoms with E-state index in [4.69, 9.17) is 0 Å². The maximum Gasteiger partial charge on any atom is 0.198 e. The maximum atomic E-state index is 12.9. The van der Waals surface area contributed by atoms with Gasteiger partial charge in [0.25, 0.3) is 0 Å². The fraction of sp³-hybridized carbons (Fsp3) is 0.0833. The molecule has 0 radical (unpaired) electrons. The molecule has 30 heavy (non-hydrogen) atoms. The predicted molar refractivity (Wildman–Crippen MR) is 116 cm³/mol. The van der Waals surface area contributed by atoms with Crippen LogP contribution >= 0.6 is 15.9 Å². The zero-order chi connectivity index (χ0) is 21.4. The van der Waals surface area contributed by atoms with E-state index in [0.29, 0.717) is 0 Å². The highest BCUT2D eigenvalue weighted by Crippen LogP contribution is 2.42. The first kappa shape index (κ1) is 20.1. The molecular formula is C24H17BrO5. The smallest absolute Gasteiger partial charge is 0.198 e. The van der Waals surface area contributed by atoms with Crippen LogP contribution in [-0.2, 0) is 0 Å². The molecule has 0 amide bonds. The lowest BCUT2D eigenvalue weighted by molar-refractivity contribution is 0.0973. The summed E-state index contributed by atoms with van der Waals surface area (Å²) in [6.07, 6.45) is 2.49. The summed E-state index contributed by atoms with van der Waals surface area (Å²) in [5.74, 6) is -2.04. The first-order valence-electron chi connectivity index (χ1n) is 9.26. The summed E-state index contributed by atoms with van der Waals surface area (Å²) in [6, 6.07) is 15.0. The SMILES string of the molecule is O=C1c2ccccc2C(=O)c2c(O)c(C(O)C/C=C/c3ccccc3Br)cc(O)c21. The molecule has 0 bridgehead atoms. The maximum absolute atomic E-state index is 12.9. The number of hydrogen-bond acceptors (Lipinski definition) is 5. The molecule has 4 rings (SSSR count). The number of halogens is 1. The van der Waals surface area contributed by atoms with Gasteiger partial charge in [0.2, 0.25) is 0 Å². The van der Waals surface area contributed by atoms with Crippen molar-refractivity contribution < 1.29 is 24.9 Å². The van der Waals surface area contributed by atoms with E-state index in [1.54, 1.807) is 18.2 Å². The van der Waals surface area contributed by atoms with E-state index in [2.05, 4.69) is 15.9 Å². The van der Waals surface area contributed by atoms with Gasteiger partial charge >= 0.3 is 0 Å². The number of aliphatic hydroxyl groups is 1. The number of hydrogen-bond donors (Lipinski definition) is 3. The zero-order valence-electron chi connectivity index (χ0n) is 15.7. The lowest BCUT2D eigenvalue weighted by atomic mass is 9.81. The second-order valence-corrected chi connectivity index (χ2v) is 7.82. The quantitative estimate of drug-likeness (QED) is 0.378. The van der Waals surface area contributed by atoms with E-state index < -0.39 is 29.2 Å². The van der Waals surface area contributed by atoms with Crippen LogP contribution in [0.1, 0.15) is 55.5 Å². The average Bonchev–Trinajstić information content (AvgIpc) is 2.74. The van der Waals surface area contributed by atoms with Crippen LogP contribution in [0.2, 0.25) is 0 Å². The fourth-order valence-electron chi connectivity index (χ4n) is 3.59. The van der Waals surface area contributed by atoms with Gasteiger partial charge in [-0.3, -0.25) is 9.59 Å². The molecule has 6 heteroatoms. The number of benzene rings is 3. The van der Waals surface area contributed by atoms with Crippen molar-refractivity contribution in [3.05, 3.63) is 98.5 Å². The van der Waals surface area contributed by atoms with Gasteiger partial charge in [-0.15, -0.1) is 0 Å². The molecule has 0 heterocycles. The van der Waals surface area contributed by atoms with Crippen molar-refractivity contribution in [2.24, 2.45) is 0 Å². The van der Waals surface area contributed by atoms with Crippen LogP contribution in [0.15, 0.2) is 65.1 Å². The predicted octanol–water partition coefficient (Wildman–Crippen LogP) is 4.77. The van der Waals surface area contributed by atoms with Crippen LogP contribution < -0.4 is 0 Å². The first-order chi connectivity index (χ1) is 14.4. The lowest BCUT2D eigenvalue weighted by Crippen LogP contribution is -2.22. The van der Waals surface area contributed by atoms with E-state index in [9.17, 15) is 24.9 Å². The van der Waals surface area contributed by atoms with Gasteiger partial charge in [0.15, 0.2) is 11.6 Å². The van der Waals surface area contributed by atoms with Crippen LogP contribution in [0.5, 0.6) is 11.5 Å². The van der Waals surface area contributed by atoms with E-state index in [0.717, 1.165) is 16.1 Å². The van der Waals surface area contributed by atoms with Crippen molar-refractivity contribution in [1.82, 2.24) is 0 Å². The number of phenols is 2. The molecule has 3 N–H and O–H groups in total. The number of aliphatic hydroxyl groups excluding tert-OH is 1. The molecule has 0 saturated carbocycles. The number of carbonyl (C=O) groups is 2. The van der Waals surface area contributed by atoms with Crippen molar-refractivity contribution in [1.29, 1.82) is 0 Å². The molecule has 0 saturated heterocycles. The fourth-order valence-corrected chi connectivity index (χ4v) is 4.01. The largest absolute Gasteiger partial charge is 0.507 e. The van der Waals surface area contributed by atoms with Gasteiger partial charge in [-0.05, 0) is 24.1 Å². The Labute approximate surface area is 181 Å². The van der Waals surface area contributed by atoms with Crippen LogP contribution in [0.3, 0.4) is 0 Å². The summed E-state index contributed by atoms with van der Waals surface area (Å²) in [4.78, 5) is 25.7. The molecule has 1 aliphatic rings. The van der Waals surface area contributed by atoms with E-state index >= 15 is 0 Å². The lowest BCUT2D eigenvalue weighted by Gasteiger charge is -2.22. The summed E-state index contributed by atoms with van der Waals surface area (Å²) in [7, 11) is 0. The Balaban J connectivity index is 1.69. The number of rotatable bonds is 4. The highest BCUT2D eigenvalue weighted by molar-refractivity contribution is 9.10. The second kappa shape index (κ2) is 7.89. The van der Waals surface area contributed by atoms with Crippen LogP contribution in [0.25, 0.3) is 6.08 Å². The Bertz CT molecular complexity index is 1210. The molecular weight excluding hydrogens is 448 g/mol. The number of carbonyl (C=O) groups excluding carboxylic acids is 2. The summed E-state index contributed by atoms with van der Waals surface area (Å²) < 4.78 is 0.896. The third-order valence-corrected chi connectivity index (χ3v) is 5.82. The molecule has 3 aromatic carbocycles. The van der Waals surface area contributed by atoms with Crippen molar-refractivity contribution >= 4 is 33.6 Å². The highest BCUT2D eigenvalue weighted by atomic mass is 79.9. The molecule has 0 spiro atoms. The molecule has 0 fully saturated rings. The Morgan fingerprint density at radius 3 is 2.17 bits per heavy atom. The number of phenolic OH excluding ortho intramolecular Hbond substituents is 2. The van der Waals surface area contributed by atoms with Gasteiger partial charge in [-0.1, -0.05) is 70.5 Å². The first-order valence-corrected chi connectivity index (χ1v) is 10.1. The summed E-state index contributed by atoms with van der Waals surface area (Å²) in [5.41, 5.74) is 0.723. The van der Waals surface area contributed by atoms with Gasteiger partial charge in [0.1, 0.15) is 11.5 Å². The van der Waals surface area contributed by atoms with E-state index in [-0.39, 0.29) is 34.2 Å². The minimum atomic E-state index is -1.18. The molecule has 150 valence electrons. The Morgan fingerprint density at radius 2 is 1.50 bits per heavy atom. The third-order valence-electron chi connectivity index (χ3n) is 5.10. The van der Waals surface area contributed by atoms with Gasteiger partial charge in [0.05, 0.1) is 17.2 Å². The molecule has 5 nitrogen and oxygen atoms in total. The Morgan fingerprint density at radius 1 is 0.900 bits per heavy atom. The third kappa shape index (κ3) is 3.34. The van der Waals surface area contributed by atoms with Crippen molar-refractivity contribution in [3.8, 4) is 11.5 Å². The van der Waals surface area contributed by atoms with Crippen LogP contribution in [-0.4, -0.2) is 26.9 Å². The molecule has 0 aromatic heterocycles. The highest BCUT2D eigenvalue weighted by Gasteiger charge is 2.36. The minimum absolute atomic E-state index is 0.0106. The number of ketones is 2. The van der Waals surface area contributed by atoms with Crippen LogP contribution in [0.4, 0.5) is 0 Å². The van der Waals surface area contributed by atoms with Crippen molar-refractivity contribution in [2.75, 3.05) is 0 Å². The molecule has 3 aromatic rings. The van der Waals surface area contributed by atoms with E-state index in [1.165, 1.54) is 12.1 Å². The standard InChI is InChI=1S/C24H17BrO5/c25-17-10-4-1-6-13(17)7-5-11-18(26)16-12-19(27)20-21(24(16)30)23(29)15-9-3-2-8-14(15)22(20)28/h1-10,12,18,26-27,30H,11H2/b7-5+. The summed E-state index contributed by atoms with van der Waals surface area (Å²) in [6.45, 7) is 0. The zero-order valence-corrected chi connectivity index (χ0v) is 17.3.